The molecule has 0 aliphatic heterocycles. The van der Waals surface area contributed by atoms with Crippen LogP contribution in [0.3, 0.4) is 0 Å². The first-order chi connectivity index (χ1) is 25.0. The van der Waals surface area contributed by atoms with Gasteiger partial charge in [0.1, 0.15) is 18.1 Å². The number of carbonyl (C=O) groups excluding carboxylic acids is 2. The van der Waals surface area contributed by atoms with Gasteiger partial charge in [0, 0.05) is 41.8 Å². The van der Waals surface area contributed by atoms with Gasteiger partial charge in [-0.25, -0.2) is 0 Å². The number of carbonyl (C=O) groups is 2. The summed E-state index contributed by atoms with van der Waals surface area (Å²) in [6.45, 7) is 5.58. The normalized spacial score (nSPS) is 12.0. The molecule has 0 spiro atoms. The SMILES string of the molecule is CCCCCCCCc1ccc(Sc2cccc3c2C(=O)c2cccc(Sc4ccc(OCc5ccc(OCCCC)cc5)cc4)c2C3=O)cc1. The van der Waals surface area contributed by atoms with Gasteiger partial charge < -0.3 is 9.47 Å². The second-order valence-electron chi connectivity index (χ2n) is 13.0. The lowest BCUT2D eigenvalue weighted by Crippen LogP contribution is -2.22. The third kappa shape index (κ3) is 9.55. The van der Waals surface area contributed by atoms with E-state index in [0.29, 0.717) is 28.9 Å². The van der Waals surface area contributed by atoms with E-state index in [1.807, 2.05) is 72.8 Å². The molecule has 0 N–H and O–H groups in total. The molecule has 0 radical (unpaired) electrons. The Hall–Kier alpha value is -4.26. The van der Waals surface area contributed by atoms with Crippen molar-refractivity contribution in [1.82, 2.24) is 0 Å². The van der Waals surface area contributed by atoms with Gasteiger partial charge in [-0.15, -0.1) is 0 Å². The molecule has 1 aliphatic rings. The average molecular weight is 715 g/mol. The summed E-state index contributed by atoms with van der Waals surface area (Å²) in [5, 5.41) is 0. The van der Waals surface area contributed by atoms with Gasteiger partial charge in [-0.2, -0.15) is 0 Å². The molecule has 0 heterocycles. The largest absolute Gasteiger partial charge is 0.494 e. The third-order valence-corrected chi connectivity index (χ3v) is 11.2. The molecular weight excluding hydrogens is 669 g/mol. The number of benzene rings is 5. The average Bonchev–Trinajstić information content (AvgIpc) is 3.16. The molecule has 5 aromatic carbocycles. The van der Waals surface area contributed by atoms with Crippen LogP contribution in [0.2, 0.25) is 0 Å². The van der Waals surface area contributed by atoms with Gasteiger partial charge in [0.2, 0.25) is 0 Å². The molecule has 0 bridgehead atoms. The Morgan fingerprint density at radius 2 is 0.980 bits per heavy atom. The molecule has 0 saturated carbocycles. The Morgan fingerprint density at radius 3 is 1.57 bits per heavy atom. The first kappa shape index (κ1) is 36.5. The lowest BCUT2D eigenvalue weighted by Gasteiger charge is -2.22. The molecule has 0 amide bonds. The van der Waals surface area contributed by atoms with Crippen LogP contribution in [0.15, 0.2) is 129 Å². The summed E-state index contributed by atoms with van der Waals surface area (Å²) in [6, 6.07) is 35.7. The van der Waals surface area contributed by atoms with Crippen LogP contribution < -0.4 is 9.47 Å². The van der Waals surface area contributed by atoms with E-state index in [1.54, 1.807) is 23.9 Å². The van der Waals surface area contributed by atoms with Crippen molar-refractivity contribution in [2.75, 3.05) is 6.61 Å². The van der Waals surface area contributed by atoms with Crippen molar-refractivity contribution < 1.29 is 19.1 Å². The summed E-state index contributed by atoms with van der Waals surface area (Å²) in [6.07, 6.45) is 11.0. The minimum Gasteiger partial charge on any atom is -0.494 e. The van der Waals surface area contributed by atoms with E-state index in [4.69, 9.17) is 9.47 Å². The van der Waals surface area contributed by atoms with Gasteiger partial charge >= 0.3 is 0 Å². The van der Waals surface area contributed by atoms with E-state index in [2.05, 4.69) is 38.1 Å². The smallest absolute Gasteiger partial charge is 0.195 e. The first-order valence-electron chi connectivity index (χ1n) is 18.3. The fraction of sp³-hybridized carbons (Fsp3) is 0.289. The zero-order valence-electron chi connectivity index (χ0n) is 29.6. The fourth-order valence-corrected chi connectivity index (χ4v) is 8.18. The minimum absolute atomic E-state index is 0.103. The topological polar surface area (TPSA) is 52.6 Å². The number of hydrogen-bond acceptors (Lipinski definition) is 6. The molecule has 5 aromatic rings. The number of ether oxygens (including phenoxy) is 2. The van der Waals surface area contributed by atoms with Crippen LogP contribution in [0.4, 0.5) is 0 Å². The summed E-state index contributed by atoms with van der Waals surface area (Å²) in [7, 11) is 0. The van der Waals surface area contributed by atoms with E-state index in [1.165, 1.54) is 55.9 Å². The maximum Gasteiger partial charge on any atom is 0.195 e. The Kier molecular flexibility index (Phi) is 13.1. The summed E-state index contributed by atoms with van der Waals surface area (Å²) < 4.78 is 11.8. The Morgan fingerprint density at radius 1 is 0.490 bits per heavy atom. The molecule has 6 heteroatoms. The molecule has 1 aliphatic carbocycles. The summed E-state index contributed by atoms with van der Waals surface area (Å²) in [5.41, 5.74) is 4.30. The van der Waals surface area contributed by atoms with E-state index < -0.39 is 0 Å². The van der Waals surface area contributed by atoms with Crippen LogP contribution in [0.5, 0.6) is 11.5 Å². The molecule has 0 unspecified atom stereocenters. The highest BCUT2D eigenvalue weighted by molar-refractivity contribution is 7.99. The van der Waals surface area contributed by atoms with Gasteiger partial charge in [0.25, 0.3) is 0 Å². The standard InChI is InChI=1S/C45H46O4S2/c1-3-5-7-8-9-10-13-32-20-26-36(27-21-32)50-40-16-11-14-38-42(40)44(46)39-15-12-17-41(43(39)45(38)47)51-37-28-24-35(25-29-37)49-31-33-18-22-34(23-19-33)48-30-6-4-2/h11-12,14-29H,3-10,13,30-31H2,1-2H3. The summed E-state index contributed by atoms with van der Waals surface area (Å²) >= 11 is 3.03. The van der Waals surface area contributed by atoms with Gasteiger partial charge in [-0.3, -0.25) is 9.59 Å². The maximum atomic E-state index is 14.1. The number of ketones is 2. The Bertz CT molecular complexity index is 1910. The van der Waals surface area contributed by atoms with E-state index >= 15 is 0 Å². The molecule has 262 valence electrons. The van der Waals surface area contributed by atoms with Gasteiger partial charge in [0.05, 0.1) is 6.61 Å². The lowest BCUT2D eigenvalue weighted by atomic mass is 9.84. The number of fused-ring (bicyclic) bond motifs is 2. The molecule has 51 heavy (non-hydrogen) atoms. The zero-order valence-corrected chi connectivity index (χ0v) is 31.3. The van der Waals surface area contributed by atoms with E-state index in [-0.39, 0.29) is 11.6 Å². The molecular formula is C45H46O4S2. The Labute approximate surface area is 311 Å². The van der Waals surface area contributed by atoms with Crippen molar-refractivity contribution >= 4 is 35.1 Å². The van der Waals surface area contributed by atoms with Crippen molar-refractivity contribution in [3.8, 4) is 11.5 Å². The van der Waals surface area contributed by atoms with Crippen LogP contribution in [0, 0.1) is 0 Å². The third-order valence-electron chi connectivity index (χ3n) is 9.11. The monoisotopic (exact) mass is 714 g/mol. The predicted octanol–water partition coefficient (Wildman–Crippen LogP) is 12.4. The van der Waals surface area contributed by atoms with E-state index in [9.17, 15) is 9.59 Å². The van der Waals surface area contributed by atoms with Crippen LogP contribution in [-0.4, -0.2) is 18.2 Å². The molecule has 6 rings (SSSR count). The molecule has 0 atom stereocenters. The van der Waals surface area contributed by atoms with Crippen molar-refractivity contribution in [2.45, 2.75) is 97.8 Å². The number of unbranched alkanes of at least 4 members (excludes halogenated alkanes) is 6. The summed E-state index contributed by atoms with van der Waals surface area (Å²) in [4.78, 5) is 31.7. The lowest BCUT2D eigenvalue weighted by molar-refractivity contribution is 0.0974. The second kappa shape index (κ2) is 18.3. The minimum atomic E-state index is -0.110. The molecule has 0 fully saturated rings. The number of hydrogen-bond donors (Lipinski definition) is 0. The molecule has 0 aromatic heterocycles. The van der Waals surface area contributed by atoms with Crippen molar-refractivity contribution in [3.05, 3.63) is 143 Å². The predicted molar refractivity (Wildman–Crippen MR) is 209 cm³/mol. The number of aryl methyl sites for hydroxylation is 1. The highest BCUT2D eigenvalue weighted by Gasteiger charge is 2.33. The molecule has 4 nitrogen and oxygen atoms in total. The molecule has 0 saturated heterocycles. The maximum absolute atomic E-state index is 14.1. The van der Waals surface area contributed by atoms with Crippen molar-refractivity contribution in [3.63, 3.8) is 0 Å². The van der Waals surface area contributed by atoms with E-state index in [0.717, 1.165) is 62.5 Å². The second-order valence-corrected chi connectivity index (χ2v) is 15.2. The Balaban J connectivity index is 1.09. The quantitative estimate of drug-likeness (QED) is 0.0826. The zero-order chi connectivity index (χ0) is 35.4. The number of rotatable bonds is 18. The van der Waals surface area contributed by atoms with Gasteiger partial charge in [-0.05, 0) is 91.1 Å². The van der Waals surface area contributed by atoms with Gasteiger partial charge in [0.15, 0.2) is 11.6 Å². The fourth-order valence-electron chi connectivity index (χ4n) is 6.22. The van der Waals surface area contributed by atoms with Crippen molar-refractivity contribution in [1.29, 1.82) is 0 Å². The van der Waals surface area contributed by atoms with Crippen molar-refractivity contribution in [2.24, 2.45) is 0 Å². The highest BCUT2D eigenvalue weighted by Crippen LogP contribution is 2.41. The van der Waals surface area contributed by atoms with Crippen LogP contribution >= 0.6 is 23.5 Å². The summed E-state index contributed by atoms with van der Waals surface area (Å²) in [5.74, 6) is 1.42. The van der Waals surface area contributed by atoms with Crippen LogP contribution in [0.1, 0.15) is 108 Å². The first-order valence-corrected chi connectivity index (χ1v) is 19.9. The van der Waals surface area contributed by atoms with Gasteiger partial charge in [-0.1, -0.05) is 124 Å². The van der Waals surface area contributed by atoms with Crippen LogP contribution in [0.25, 0.3) is 0 Å². The van der Waals surface area contributed by atoms with Crippen LogP contribution in [-0.2, 0) is 13.0 Å². The highest BCUT2D eigenvalue weighted by atomic mass is 32.2.